The van der Waals surface area contributed by atoms with E-state index in [1.807, 2.05) is 36.4 Å². The zero-order valence-corrected chi connectivity index (χ0v) is 17.1. The molecule has 0 amide bonds. The van der Waals surface area contributed by atoms with Gasteiger partial charge in [0.05, 0.1) is 21.3 Å². The normalized spacial score (nSPS) is 11.0. The van der Waals surface area contributed by atoms with E-state index >= 15 is 0 Å². The van der Waals surface area contributed by atoms with Crippen molar-refractivity contribution in [2.45, 2.75) is 19.9 Å². The van der Waals surface area contributed by atoms with Gasteiger partial charge in [0.15, 0.2) is 0 Å². The predicted molar refractivity (Wildman–Crippen MR) is 116 cm³/mol. The molecule has 0 aliphatic carbocycles. The number of aryl methyl sites for hydroxylation is 1. The van der Waals surface area contributed by atoms with Crippen molar-refractivity contribution in [3.63, 3.8) is 0 Å². The fourth-order valence-corrected chi connectivity index (χ4v) is 3.29. The fourth-order valence-electron chi connectivity index (χ4n) is 2.94. The second-order valence-corrected chi connectivity index (χ2v) is 7.16. The second kappa shape index (κ2) is 8.95. The molecule has 3 rings (SSSR count). The number of hydrogen-bond donors (Lipinski definition) is 1. The van der Waals surface area contributed by atoms with Crippen molar-refractivity contribution < 1.29 is 5.11 Å². The van der Waals surface area contributed by atoms with Gasteiger partial charge in [-0.15, -0.1) is 0 Å². The Morgan fingerprint density at radius 1 is 1.17 bits per heavy atom. The molecular weight excluding hydrogens is 409 g/mol. The summed E-state index contributed by atoms with van der Waals surface area (Å²) in [5, 5.41) is 20.8. The quantitative estimate of drug-likeness (QED) is 0.581. The molecule has 5 nitrogen and oxygen atoms in total. The number of hydrogen-bond acceptors (Lipinski definition) is 4. The Kier molecular flexibility index (Phi) is 6.38. The molecule has 0 aliphatic heterocycles. The van der Waals surface area contributed by atoms with Crippen LogP contribution in [0.15, 0.2) is 58.3 Å². The molecule has 7 heteroatoms. The molecule has 29 heavy (non-hydrogen) atoms. The number of halogens is 2. The lowest BCUT2D eigenvalue weighted by Crippen LogP contribution is -2.26. The summed E-state index contributed by atoms with van der Waals surface area (Å²) >= 11 is 12.2. The number of rotatable bonds is 5. The lowest BCUT2D eigenvalue weighted by molar-refractivity contribution is 0.404. The molecule has 0 atom stereocenters. The standard InChI is InChI=1S/C22H17Cl2N3O2/c1-14-16(12-25)21(28)27(11-10-15-6-3-2-4-7-15)22(29)17(14)13-26-19-9-5-8-18(23)20(19)24/h2-9,13,29H,10-11H2,1H3. The SMILES string of the molecule is Cc1c(C=Nc2cccc(Cl)c2Cl)c(O)n(CCc2ccccc2)c(=O)c1C#N. The van der Waals surface area contributed by atoms with E-state index in [4.69, 9.17) is 23.2 Å². The minimum atomic E-state index is -0.531. The number of nitrogens with zero attached hydrogens (tertiary/aromatic N) is 3. The summed E-state index contributed by atoms with van der Waals surface area (Å²) in [5.41, 5.74) is 1.50. The van der Waals surface area contributed by atoms with E-state index in [1.165, 1.54) is 10.8 Å². The maximum Gasteiger partial charge on any atom is 0.271 e. The molecule has 0 saturated carbocycles. The number of nitriles is 1. The summed E-state index contributed by atoms with van der Waals surface area (Å²) in [4.78, 5) is 17.0. The van der Waals surface area contributed by atoms with Crippen molar-refractivity contribution >= 4 is 35.1 Å². The van der Waals surface area contributed by atoms with Crippen LogP contribution in [-0.2, 0) is 13.0 Å². The Bertz CT molecular complexity index is 1180. The molecule has 0 bridgehead atoms. The molecule has 1 aromatic heterocycles. The van der Waals surface area contributed by atoms with E-state index in [0.717, 1.165) is 5.56 Å². The van der Waals surface area contributed by atoms with Crippen LogP contribution in [-0.4, -0.2) is 15.9 Å². The van der Waals surface area contributed by atoms with Crippen LogP contribution >= 0.6 is 23.2 Å². The number of aromatic nitrogens is 1. The van der Waals surface area contributed by atoms with Gasteiger partial charge in [-0.2, -0.15) is 5.26 Å². The Balaban J connectivity index is 2.05. The van der Waals surface area contributed by atoms with Crippen molar-refractivity contribution in [2.24, 2.45) is 4.99 Å². The van der Waals surface area contributed by atoms with Gasteiger partial charge in [-0.1, -0.05) is 59.6 Å². The molecule has 2 aromatic carbocycles. The smallest absolute Gasteiger partial charge is 0.271 e. The van der Waals surface area contributed by atoms with Gasteiger partial charge in [0.2, 0.25) is 5.88 Å². The van der Waals surface area contributed by atoms with Gasteiger partial charge < -0.3 is 5.11 Å². The van der Waals surface area contributed by atoms with Gasteiger partial charge in [0.1, 0.15) is 11.6 Å². The zero-order chi connectivity index (χ0) is 21.0. The van der Waals surface area contributed by atoms with E-state index in [2.05, 4.69) is 4.99 Å². The molecule has 0 unspecified atom stereocenters. The van der Waals surface area contributed by atoms with Crippen LogP contribution in [0, 0.1) is 18.3 Å². The van der Waals surface area contributed by atoms with Crippen molar-refractivity contribution in [2.75, 3.05) is 0 Å². The molecular formula is C22H17Cl2N3O2. The Morgan fingerprint density at radius 3 is 2.59 bits per heavy atom. The molecule has 0 saturated heterocycles. The zero-order valence-electron chi connectivity index (χ0n) is 15.6. The minimum Gasteiger partial charge on any atom is -0.494 e. The Morgan fingerprint density at radius 2 is 1.90 bits per heavy atom. The van der Waals surface area contributed by atoms with Gasteiger partial charge in [-0.25, -0.2) is 0 Å². The van der Waals surface area contributed by atoms with Crippen molar-refractivity contribution in [1.29, 1.82) is 5.26 Å². The van der Waals surface area contributed by atoms with Gasteiger partial charge >= 0.3 is 0 Å². The van der Waals surface area contributed by atoms with Crippen LogP contribution in [0.2, 0.25) is 10.0 Å². The van der Waals surface area contributed by atoms with Crippen LogP contribution < -0.4 is 5.56 Å². The van der Waals surface area contributed by atoms with Crippen LogP contribution in [0.3, 0.4) is 0 Å². The summed E-state index contributed by atoms with van der Waals surface area (Å²) in [5.74, 6) is -0.246. The first-order valence-electron chi connectivity index (χ1n) is 8.82. The van der Waals surface area contributed by atoms with Crippen molar-refractivity contribution in [3.8, 4) is 11.9 Å². The van der Waals surface area contributed by atoms with Crippen molar-refractivity contribution in [1.82, 2.24) is 4.57 Å². The van der Waals surface area contributed by atoms with Gasteiger partial charge in [0, 0.05) is 12.8 Å². The summed E-state index contributed by atoms with van der Waals surface area (Å²) in [6, 6.07) is 16.5. The van der Waals surface area contributed by atoms with Crippen LogP contribution in [0.25, 0.3) is 0 Å². The highest BCUT2D eigenvalue weighted by atomic mass is 35.5. The maximum atomic E-state index is 12.7. The fraction of sp³-hybridized carbons (Fsp3) is 0.136. The van der Waals surface area contributed by atoms with Crippen molar-refractivity contribution in [3.05, 3.63) is 91.2 Å². The topological polar surface area (TPSA) is 78.4 Å². The second-order valence-electron chi connectivity index (χ2n) is 6.37. The third-order valence-corrected chi connectivity index (χ3v) is 5.39. The highest BCUT2D eigenvalue weighted by Gasteiger charge is 2.18. The monoisotopic (exact) mass is 425 g/mol. The van der Waals surface area contributed by atoms with E-state index in [-0.39, 0.29) is 28.6 Å². The number of aliphatic imine (C=N–C) groups is 1. The molecule has 1 heterocycles. The summed E-state index contributed by atoms with van der Waals surface area (Å²) in [6.45, 7) is 1.82. The Labute approximate surface area is 178 Å². The van der Waals surface area contributed by atoms with Crippen LogP contribution in [0.5, 0.6) is 5.88 Å². The third-order valence-electron chi connectivity index (χ3n) is 4.58. The van der Waals surface area contributed by atoms with Gasteiger partial charge in [-0.3, -0.25) is 14.4 Å². The van der Waals surface area contributed by atoms with E-state index in [0.29, 0.717) is 22.7 Å². The van der Waals surface area contributed by atoms with Gasteiger partial charge in [-0.05, 0) is 36.6 Å². The van der Waals surface area contributed by atoms with Crippen LogP contribution in [0.4, 0.5) is 5.69 Å². The van der Waals surface area contributed by atoms with E-state index in [9.17, 15) is 15.2 Å². The number of pyridine rings is 1. The summed E-state index contributed by atoms with van der Waals surface area (Å²) in [6.07, 6.45) is 1.92. The highest BCUT2D eigenvalue weighted by molar-refractivity contribution is 6.43. The lowest BCUT2D eigenvalue weighted by Gasteiger charge is -2.14. The molecule has 0 aliphatic rings. The first-order chi connectivity index (χ1) is 13.9. The lowest BCUT2D eigenvalue weighted by atomic mass is 10.1. The Hall–Kier alpha value is -3.07. The average Bonchev–Trinajstić information content (AvgIpc) is 2.72. The van der Waals surface area contributed by atoms with E-state index < -0.39 is 5.56 Å². The largest absolute Gasteiger partial charge is 0.494 e. The highest BCUT2D eigenvalue weighted by Crippen LogP contribution is 2.32. The molecule has 3 aromatic rings. The molecule has 1 N–H and O–H groups in total. The summed E-state index contributed by atoms with van der Waals surface area (Å²) < 4.78 is 1.19. The molecule has 0 spiro atoms. The molecule has 0 fully saturated rings. The van der Waals surface area contributed by atoms with Gasteiger partial charge in [0.25, 0.3) is 5.56 Å². The predicted octanol–water partition coefficient (Wildman–Crippen LogP) is 5.03. The minimum absolute atomic E-state index is 0.0329. The average molecular weight is 426 g/mol. The first kappa shape index (κ1) is 20.7. The van der Waals surface area contributed by atoms with Crippen LogP contribution in [0.1, 0.15) is 22.3 Å². The summed E-state index contributed by atoms with van der Waals surface area (Å²) in [7, 11) is 0. The number of benzene rings is 2. The van der Waals surface area contributed by atoms with E-state index in [1.54, 1.807) is 25.1 Å². The third kappa shape index (κ3) is 4.34. The maximum absolute atomic E-state index is 12.7. The molecule has 0 radical (unpaired) electrons. The molecule has 146 valence electrons. The first-order valence-corrected chi connectivity index (χ1v) is 9.58. The number of aromatic hydroxyl groups is 1.